The average Bonchev–Trinajstić information content (AvgIpc) is 2.94. The van der Waals surface area contributed by atoms with Crippen molar-refractivity contribution in [1.29, 1.82) is 0 Å². The van der Waals surface area contributed by atoms with Gasteiger partial charge in [0.25, 0.3) is 0 Å². The smallest absolute Gasteiger partial charge is 0.410 e. The molecular weight excluding hydrogens is 300 g/mol. The van der Waals surface area contributed by atoms with Crippen LogP contribution >= 0.6 is 0 Å². The van der Waals surface area contributed by atoms with E-state index < -0.39 is 0 Å². The normalized spacial score (nSPS) is 20.9. The Morgan fingerprint density at radius 3 is 2.43 bits per heavy atom. The van der Waals surface area contributed by atoms with Crippen LogP contribution in [-0.2, 0) is 11.3 Å². The molecule has 2 saturated heterocycles. The molecule has 2 aliphatic rings. The summed E-state index contributed by atoms with van der Waals surface area (Å²) in [5.41, 5.74) is 1.08. The molecule has 2 heterocycles. The van der Waals surface area contributed by atoms with Gasteiger partial charge in [0.2, 0.25) is 5.75 Å². The highest BCUT2D eigenvalue weighted by Crippen LogP contribution is 2.38. The number of carbonyl (C=O) groups is 1. The molecule has 7 nitrogen and oxygen atoms in total. The summed E-state index contributed by atoms with van der Waals surface area (Å²) in [5, 5.41) is 0. The van der Waals surface area contributed by atoms with Crippen LogP contribution in [0, 0.1) is 0 Å². The Morgan fingerprint density at radius 1 is 1.13 bits per heavy atom. The van der Waals surface area contributed by atoms with Crippen LogP contribution in [0.2, 0.25) is 0 Å². The number of fused-ring (bicyclic) bond motifs is 1. The number of hydrogen-bond acceptors (Lipinski definition) is 6. The molecule has 1 atom stereocenters. The fraction of sp³-hybridized carbons (Fsp3) is 0.562. The highest BCUT2D eigenvalue weighted by molar-refractivity contribution is 5.70. The summed E-state index contributed by atoms with van der Waals surface area (Å²) < 4.78 is 21.2. The molecule has 1 unspecified atom stereocenters. The predicted octanol–water partition coefficient (Wildman–Crippen LogP) is 1.35. The minimum absolute atomic E-state index is 0.151. The van der Waals surface area contributed by atoms with Crippen LogP contribution in [0.15, 0.2) is 12.1 Å². The molecule has 126 valence electrons. The van der Waals surface area contributed by atoms with Crippen molar-refractivity contribution in [2.45, 2.75) is 12.6 Å². The molecule has 2 fully saturated rings. The van der Waals surface area contributed by atoms with Gasteiger partial charge in [-0.15, -0.1) is 0 Å². The fourth-order valence-electron chi connectivity index (χ4n) is 3.18. The van der Waals surface area contributed by atoms with Gasteiger partial charge in [-0.2, -0.15) is 0 Å². The van der Waals surface area contributed by atoms with Gasteiger partial charge < -0.3 is 18.9 Å². The van der Waals surface area contributed by atoms with Gasteiger partial charge in [0.05, 0.1) is 27.4 Å². The number of methoxy groups -OCH3 is 3. The molecule has 0 radical (unpaired) electrons. The number of hydrogen-bond donors (Lipinski definition) is 0. The maximum atomic E-state index is 11.5. The van der Waals surface area contributed by atoms with Gasteiger partial charge in [-0.05, 0) is 17.7 Å². The number of cyclic esters (lactones) is 1. The zero-order chi connectivity index (χ0) is 16.4. The second-order valence-corrected chi connectivity index (χ2v) is 5.69. The van der Waals surface area contributed by atoms with Gasteiger partial charge >= 0.3 is 6.09 Å². The largest absolute Gasteiger partial charge is 0.493 e. The molecule has 0 aromatic heterocycles. The Balaban J connectivity index is 1.74. The van der Waals surface area contributed by atoms with Crippen LogP contribution in [0.5, 0.6) is 17.2 Å². The Bertz CT molecular complexity index is 567. The number of rotatable bonds is 5. The van der Waals surface area contributed by atoms with Crippen LogP contribution in [-0.4, -0.2) is 69.5 Å². The lowest BCUT2D eigenvalue weighted by Gasteiger charge is -2.35. The summed E-state index contributed by atoms with van der Waals surface area (Å²) in [6.07, 6.45) is -0.192. The van der Waals surface area contributed by atoms with Crippen molar-refractivity contribution >= 4 is 6.09 Å². The number of amides is 1. The molecule has 0 spiro atoms. The quantitative estimate of drug-likeness (QED) is 0.815. The number of ether oxygens (including phenoxy) is 4. The molecule has 7 heteroatoms. The van der Waals surface area contributed by atoms with Crippen molar-refractivity contribution in [3.05, 3.63) is 17.7 Å². The van der Waals surface area contributed by atoms with E-state index >= 15 is 0 Å². The lowest BCUT2D eigenvalue weighted by molar-refractivity contribution is 0.115. The first-order chi connectivity index (χ1) is 11.2. The minimum Gasteiger partial charge on any atom is -0.493 e. The number of benzene rings is 1. The minimum atomic E-state index is -0.192. The predicted molar refractivity (Wildman–Crippen MR) is 83.2 cm³/mol. The zero-order valence-corrected chi connectivity index (χ0v) is 13.7. The van der Waals surface area contributed by atoms with Crippen molar-refractivity contribution < 1.29 is 23.7 Å². The molecule has 1 amide bonds. The lowest BCUT2D eigenvalue weighted by atomic mass is 10.1. The van der Waals surface area contributed by atoms with Crippen molar-refractivity contribution in [3.63, 3.8) is 0 Å². The topological polar surface area (TPSA) is 60.5 Å². The third kappa shape index (κ3) is 3.01. The van der Waals surface area contributed by atoms with Crippen LogP contribution in [0.25, 0.3) is 0 Å². The maximum absolute atomic E-state index is 11.5. The number of piperazine rings is 1. The van der Waals surface area contributed by atoms with E-state index in [1.165, 1.54) is 0 Å². The molecule has 0 N–H and O–H groups in total. The lowest BCUT2D eigenvalue weighted by Crippen LogP contribution is -2.51. The van der Waals surface area contributed by atoms with Crippen molar-refractivity contribution in [3.8, 4) is 17.2 Å². The second kappa shape index (κ2) is 6.54. The van der Waals surface area contributed by atoms with Gasteiger partial charge in [-0.1, -0.05) is 0 Å². The summed E-state index contributed by atoms with van der Waals surface area (Å²) in [7, 11) is 4.82. The summed E-state index contributed by atoms with van der Waals surface area (Å²) in [6.45, 7) is 3.57. The standard InChI is InChI=1S/C16H22N2O5/c1-20-13-6-11(7-14(21-2)15(13)22-3)8-17-4-5-18-12(9-17)10-23-16(18)19/h6-7,12H,4-5,8-10H2,1-3H3. The maximum Gasteiger partial charge on any atom is 0.410 e. The first kappa shape index (κ1) is 15.7. The molecule has 1 aromatic carbocycles. The van der Waals surface area contributed by atoms with E-state index in [0.29, 0.717) is 30.4 Å². The number of carbonyl (C=O) groups excluding carboxylic acids is 1. The van der Waals surface area contributed by atoms with E-state index in [1.54, 1.807) is 21.3 Å². The Hall–Kier alpha value is -2.15. The molecule has 23 heavy (non-hydrogen) atoms. The van der Waals surface area contributed by atoms with Crippen LogP contribution < -0.4 is 14.2 Å². The molecular formula is C16H22N2O5. The highest BCUT2D eigenvalue weighted by Gasteiger charge is 2.37. The van der Waals surface area contributed by atoms with Gasteiger partial charge in [0, 0.05) is 26.2 Å². The second-order valence-electron chi connectivity index (χ2n) is 5.69. The highest BCUT2D eigenvalue weighted by atomic mass is 16.6. The van der Waals surface area contributed by atoms with E-state index in [4.69, 9.17) is 18.9 Å². The van der Waals surface area contributed by atoms with E-state index in [2.05, 4.69) is 4.90 Å². The van der Waals surface area contributed by atoms with Gasteiger partial charge in [0.1, 0.15) is 6.61 Å². The molecule has 1 aromatic rings. The molecule has 0 aliphatic carbocycles. The van der Waals surface area contributed by atoms with Crippen LogP contribution in [0.3, 0.4) is 0 Å². The third-order valence-corrected chi connectivity index (χ3v) is 4.33. The van der Waals surface area contributed by atoms with Gasteiger partial charge in [-0.25, -0.2) is 4.79 Å². The average molecular weight is 322 g/mol. The van der Waals surface area contributed by atoms with Crippen LogP contribution in [0.1, 0.15) is 5.56 Å². The van der Waals surface area contributed by atoms with Crippen molar-refractivity contribution in [1.82, 2.24) is 9.80 Å². The van der Waals surface area contributed by atoms with Crippen molar-refractivity contribution in [2.24, 2.45) is 0 Å². The fourth-order valence-corrected chi connectivity index (χ4v) is 3.18. The molecule has 3 rings (SSSR count). The monoisotopic (exact) mass is 322 g/mol. The van der Waals surface area contributed by atoms with Crippen LogP contribution in [0.4, 0.5) is 4.79 Å². The summed E-state index contributed by atoms with van der Waals surface area (Å²) in [4.78, 5) is 15.7. The summed E-state index contributed by atoms with van der Waals surface area (Å²) >= 11 is 0. The zero-order valence-electron chi connectivity index (χ0n) is 13.7. The van der Waals surface area contributed by atoms with E-state index in [-0.39, 0.29) is 12.1 Å². The summed E-state index contributed by atoms with van der Waals surface area (Å²) in [6, 6.07) is 4.08. The molecule has 2 aliphatic heterocycles. The van der Waals surface area contributed by atoms with Gasteiger partial charge in [0.15, 0.2) is 11.5 Å². The Morgan fingerprint density at radius 2 is 1.83 bits per heavy atom. The van der Waals surface area contributed by atoms with E-state index in [9.17, 15) is 4.79 Å². The summed E-state index contributed by atoms with van der Waals surface area (Å²) in [5.74, 6) is 1.90. The van der Waals surface area contributed by atoms with E-state index in [0.717, 1.165) is 25.2 Å². The first-order valence-corrected chi connectivity index (χ1v) is 7.61. The third-order valence-electron chi connectivity index (χ3n) is 4.33. The molecule has 0 saturated carbocycles. The van der Waals surface area contributed by atoms with Crippen molar-refractivity contribution in [2.75, 3.05) is 47.6 Å². The Kier molecular flexibility index (Phi) is 4.47. The first-order valence-electron chi connectivity index (χ1n) is 7.61. The number of nitrogens with zero attached hydrogens (tertiary/aromatic N) is 2. The SMILES string of the molecule is COc1cc(CN2CCN3C(=O)OCC3C2)cc(OC)c1OC. The van der Waals surface area contributed by atoms with Gasteiger partial charge in [-0.3, -0.25) is 9.80 Å². The Labute approximate surface area is 135 Å². The van der Waals surface area contributed by atoms with E-state index in [1.807, 2.05) is 17.0 Å². The molecule has 0 bridgehead atoms.